The molecule has 2 rings (SSSR count). The van der Waals surface area contributed by atoms with Crippen molar-refractivity contribution >= 4 is 39.6 Å². The summed E-state index contributed by atoms with van der Waals surface area (Å²) in [6, 6.07) is 8.80. The summed E-state index contributed by atoms with van der Waals surface area (Å²) in [7, 11) is 0. The highest BCUT2D eigenvalue weighted by Gasteiger charge is 2.03. The number of aliphatic carboxylic acids is 1. The Kier molecular flexibility index (Phi) is 5.36. The van der Waals surface area contributed by atoms with Crippen LogP contribution in [0.4, 0.5) is 0 Å². The van der Waals surface area contributed by atoms with Gasteiger partial charge in [-0.25, -0.2) is 4.79 Å². The van der Waals surface area contributed by atoms with Crippen molar-refractivity contribution in [1.82, 2.24) is 4.98 Å². The molecule has 1 aromatic heterocycles. The number of aromatic nitrogens is 1. The molecule has 0 aliphatic heterocycles. The largest absolute Gasteiger partial charge is 0.486 e. The van der Waals surface area contributed by atoms with Crippen molar-refractivity contribution in [3.05, 3.63) is 63.4 Å². The lowest BCUT2D eigenvalue weighted by molar-refractivity contribution is -0.131. The summed E-state index contributed by atoms with van der Waals surface area (Å²) in [4.78, 5) is 14.7. The second-order valence-electron chi connectivity index (χ2n) is 4.12. The van der Waals surface area contributed by atoms with Gasteiger partial charge in [0.2, 0.25) is 0 Å². The van der Waals surface area contributed by atoms with Crippen LogP contribution in [-0.2, 0) is 11.4 Å². The molecule has 0 amide bonds. The number of hydrogen-bond acceptors (Lipinski definition) is 3. The van der Waals surface area contributed by atoms with Crippen molar-refractivity contribution < 1.29 is 14.6 Å². The van der Waals surface area contributed by atoms with Gasteiger partial charge in [-0.15, -0.1) is 0 Å². The maximum absolute atomic E-state index is 10.5. The normalized spacial score (nSPS) is 10.8. The molecule has 0 saturated heterocycles. The average Bonchev–Trinajstić information content (AvgIpc) is 2.46. The number of carboxylic acid groups (broad SMARTS) is 1. The Balaban J connectivity index is 2.04. The molecule has 1 N–H and O–H groups in total. The molecule has 2 aromatic rings. The van der Waals surface area contributed by atoms with Crippen LogP contribution in [0.1, 0.15) is 11.3 Å². The molecular weight excluding hydrogens is 358 g/mol. The van der Waals surface area contributed by atoms with Gasteiger partial charge in [0, 0.05) is 16.7 Å². The summed E-state index contributed by atoms with van der Waals surface area (Å²) in [5, 5.41) is 8.99. The van der Waals surface area contributed by atoms with E-state index in [0.29, 0.717) is 22.9 Å². The summed E-state index contributed by atoms with van der Waals surface area (Å²) < 4.78 is 6.49. The summed E-state index contributed by atoms with van der Waals surface area (Å²) >= 11 is 9.42. The third-order valence-corrected chi connectivity index (χ3v) is 3.30. The quantitative estimate of drug-likeness (QED) is 0.805. The molecular formula is C15H11BrClNO3. The second-order valence-corrected chi connectivity index (χ2v) is 5.44. The number of ether oxygens (including phenoxy) is 1. The summed E-state index contributed by atoms with van der Waals surface area (Å²) in [6.07, 6.45) is 4.21. The third kappa shape index (κ3) is 4.88. The second kappa shape index (κ2) is 7.24. The predicted molar refractivity (Wildman–Crippen MR) is 84.4 cm³/mol. The fourth-order valence-corrected chi connectivity index (χ4v) is 2.03. The SMILES string of the molecule is O=C(O)/C=C/c1ccc(OCc2ccc(Br)cn2)c(Cl)c1. The Bertz CT molecular complexity index is 671. The minimum absolute atomic E-state index is 0.303. The van der Waals surface area contributed by atoms with Crippen LogP contribution in [0.5, 0.6) is 5.75 Å². The zero-order valence-corrected chi connectivity index (χ0v) is 13.1. The predicted octanol–water partition coefficient (Wildman–Crippen LogP) is 4.17. The first-order chi connectivity index (χ1) is 10.0. The standard InChI is InChI=1S/C15H11BrClNO3/c16-11-3-4-12(18-8-11)9-21-14-5-1-10(7-13(14)17)2-6-15(19)20/h1-8H,9H2,(H,19,20)/b6-2+. The first-order valence-electron chi connectivity index (χ1n) is 5.98. The number of carbonyl (C=O) groups is 1. The maximum Gasteiger partial charge on any atom is 0.328 e. The molecule has 0 atom stereocenters. The van der Waals surface area contributed by atoms with E-state index in [4.69, 9.17) is 21.4 Å². The van der Waals surface area contributed by atoms with Gasteiger partial charge < -0.3 is 9.84 Å². The van der Waals surface area contributed by atoms with Crippen LogP contribution in [0.25, 0.3) is 6.08 Å². The van der Waals surface area contributed by atoms with E-state index in [9.17, 15) is 4.79 Å². The number of nitrogens with zero attached hydrogens (tertiary/aromatic N) is 1. The molecule has 0 unspecified atom stereocenters. The molecule has 0 spiro atoms. The minimum Gasteiger partial charge on any atom is -0.486 e. The van der Waals surface area contributed by atoms with E-state index in [-0.39, 0.29) is 0 Å². The fraction of sp³-hybridized carbons (Fsp3) is 0.0667. The zero-order valence-electron chi connectivity index (χ0n) is 10.8. The topological polar surface area (TPSA) is 59.4 Å². The Hall–Kier alpha value is -1.85. The minimum atomic E-state index is -1.01. The van der Waals surface area contributed by atoms with Crippen molar-refractivity contribution in [2.45, 2.75) is 6.61 Å². The lowest BCUT2D eigenvalue weighted by Crippen LogP contribution is -1.98. The number of pyridine rings is 1. The van der Waals surface area contributed by atoms with Crippen molar-refractivity contribution in [2.24, 2.45) is 0 Å². The van der Waals surface area contributed by atoms with E-state index in [2.05, 4.69) is 20.9 Å². The Labute approximate surface area is 135 Å². The van der Waals surface area contributed by atoms with E-state index in [1.54, 1.807) is 24.4 Å². The highest BCUT2D eigenvalue weighted by atomic mass is 79.9. The van der Waals surface area contributed by atoms with Crippen molar-refractivity contribution in [2.75, 3.05) is 0 Å². The molecule has 108 valence electrons. The van der Waals surface area contributed by atoms with Crippen molar-refractivity contribution in [3.63, 3.8) is 0 Å². The van der Waals surface area contributed by atoms with Crippen LogP contribution in [0.15, 0.2) is 47.1 Å². The monoisotopic (exact) mass is 367 g/mol. The summed E-state index contributed by atoms with van der Waals surface area (Å²) in [6.45, 7) is 0.303. The van der Waals surface area contributed by atoms with E-state index >= 15 is 0 Å². The number of hydrogen-bond donors (Lipinski definition) is 1. The van der Waals surface area contributed by atoms with E-state index < -0.39 is 5.97 Å². The van der Waals surface area contributed by atoms with E-state index in [1.165, 1.54) is 6.08 Å². The summed E-state index contributed by atoms with van der Waals surface area (Å²) in [5.41, 5.74) is 1.47. The molecule has 0 bridgehead atoms. The van der Waals surface area contributed by atoms with Gasteiger partial charge in [-0.05, 0) is 51.8 Å². The molecule has 0 radical (unpaired) electrons. The van der Waals surface area contributed by atoms with Crippen LogP contribution in [0, 0.1) is 0 Å². The van der Waals surface area contributed by atoms with Gasteiger partial charge in [0.15, 0.2) is 0 Å². The summed E-state index contributed by atoms with van der Waals surface area (Å²) in [5.74, 6) is -0.485. The van der Waals surface area contributed by atoms with Crippen molar-refractivity contribution in [1.29, 1.82) is 0 Å². The van der Waals surface area contributed by atoms with Gasteiger partial charge in [0.25, 0.3) is 0 Å². The smallest absolute Gasteiger partial charge is 0.328 e. The Morgan fingerprint density at radius 2 is 2.19 bits per heavy atom. The third-order valence-electron chi connectivity index (χ3n) is 2.54. The zero-order chi connectivity index (χ0) is 15.2. The van der Waals surface area contributed by atoms with Gasteiger partial charge in [-0.3, -0.25) is 4.98 Å². The van der Waals surface area contributed by atoms with Gasteiger partial charge in [-0.2, -0.15) is 0 Å². The van der Waals surface area contributed by atoms with Gasteiger partial charge >= 0.3 is 5.97 Å². The van der Waals surface area contributed by atoms with Crippen LogP contribution in [-0.4, -0.2) is 16.1 Å². The van der Waals surface area contributed by atoms with Crippen LogP contribution < -0.4 is 4.74 Å². The van der Waals surface area contributed by atoms with Gasteiger partial charge in [0.05, 0.1) is 10.7 Å². The first kappa shape index (κ1) is 15.5. The molecule has 0 aliphatic rings. The van der Waals surface area contributed by atoms with Crippen LogP contribution >= 0.6 is 27.5 Å². The van der Waals surface area contributed by atoms with Gasteiger partial charge in [-0.1, -0.05) is 17.7 Å². The molecule has 4 nitrogen and oxygen atoms in total. The highest BCUT2D eigenvalue weighted by Crippen LogP contribution is 2.26. The molecule has 0 aliphatic carbocycles. The van der Waals surface area contributed by atoms with E-state index in [0.717, 1.165) is 16.2 Å². The van der Waals surface area contributed by atoms with Crippen molar-refractivity contribution in [3.8, 4) is 5.75 Å². The number of halogens is 2. The maximum atomic E-state index is 10.5. The number of benzene rings is 1. The average molecular weight is 369 g/mol. The molecule has 0 saturated carbocycles. The van der Waals surface area contributed by atoms with Crippen LogP contribution in [0.3, 0.4) is 0 Å². The molecule has 1 aromatic carbocycles. The lowest BCUT2D eigenvalue weighted by Gasteiger charge is -2.08. The number of rotatable bonds is 5. The molecule has 0 fully saturated rings. The van der Waals surface area contributed by atoms with Crippen LogP contribution in [0.2, 0.25) is 5.02 Å². The molecule has 21 heavy (non-hydrogen) atoms. The molecule has 6 heteroatoms. The fourth-order valence-electron chi connectivity index (χ4n) is 1.55. The van der Waals surface area contributed by atoms with E-state index in [1.807, 2.05) is 12.1 Å². The lowest BCUT2D eigenvalue weighted by atomic mass is 10.2. The number of carboxylic acids is 1. The highest BCUT2D eigenvalue weighted by molar-refractivity contribution is 9.10. The Morgan fingerprint density at radius 3 is 2.81 bits per heavy atom. The first-order valence-corrected chi connectivity index (χ1v) is 7.15. The van der Waals surface area contributed by atoms with Gasteiger partial charge in [0.1, 0.15) is 12.4 Å². The molecule has 1 heterocycles. The Morgan fingerprint density at radius 1 is 1.38 bits per heavy atom.